The minimum atomic E-state index is 0.418. The lowest BCUT2D eigenvalue weighted by Crippen LogP contribution is -2.30. The molecule has 0 aromatic rings. The van der Waals surface area contributed by atoms with E-state index in [1.165, 1.54) is 18.4 Å². The van der Waals surface area contributed by atoms with Gasteiger partial charge in [0.2, 0.25) is 0 Å². The average Bonchev–Trinajstić information content (AvgIpc) is 2.68. The van der Waals surface area contributed by atoms with E-state index in [-0.39, 0.29) is 0 Å². The lowest BCUT2D eigenvalue weighted by atomic mass is 9.83. The number of allylic oxidation sites excluding steroid dienone is 8. The number of piperidine rings is 1. The first-order chi connectivity index (χ1) is 11.3. The Balaban J connectivity index is 2.18. The molecule has 0 spiro atoms. The van der Waals surface area contributed by atoms with Crippen LogP contribution in [0.1, 0.15) is 26.7 Å². The Morgan fingerprint density at radius 2 is 2.13 bits per heavy atom. The molecule has 0 bridgehead atoms. The smallest absolute Gasteiger partial charge is 0.108 e. The summed E-state index contributed by atoms with van der Waals surface area (Å²) in [6, 6.07) is 0. The van der Waals surface area contributed by atoms with Gasteiger partial charge in [0.05, 0.1) is 5.71 Å². The molecule has 2 aliphatic heterocycles. The van der Waals surface area contributed by atoms with Gasteiger partial charge in [-0.15, -0.1) is 0 Å². The zero-order chi connectivity index (χ0) is 16.5. The van der Waals surface area contributed by atoms with Crippen LogP contribution in [0.2, 0.25) is 0 Å². The van der Waals surface area contributed by atoms with Crippen molar-refractivity contribution >= 4 is 5.71 Å². The van der Waals surface area contributed by atoms with Gasteiger partial charge in [0.1, 0.15) is 6.67 Å². The van der Waals surface area contributed by atoms with Gasteiger partial charge in [-0.1, -0.05) is 43.9 Å². The second-order valence-corrected chi connectivity index (χ2v) is 6.07. The van der Waals surface area contributed by atoms with Crippen molar-refractivity contribution in [3.8, 4) is 0 Å². The molecule has 1 fully saturated rings. The highest BCUT2D eigenvalue weighted by Gasteiger charge is 2.21. The molecule has 0 aromatic carbocycles. The van der Waals surface area contributed by atoms with Gasteiger partial charge in [-0.3, -0.25) is 4.99 Å². The molecule has 2 heterocycles. The van der Waals surface area contributed by atoms with E-state index < -0.39 is 0 Å². The second-order valence-electron chi connectivity index (χ2n) is 6.07. The fraction of sp³-hybridized carbons (Fsp3) is 0.450. The fourth-order valence-electron chi connectivity index (χ4n) is 3.12. The van der Waals surface area contributed by atoms with E-state index in [2.05, 4.69) is 53.6 Å². The number of aliphatic imine (C=N–C) groups is 1. The summed E-state index contributed by atoms with van der Waals surface area (Å²) in [5.74, 6) is 1.09. The molecule has 1 unspecified atom stereocenters. The van der Waals surface area contributed by atoms with Crippen molar-refractivity contribution < 1.29 is 0 Å². The fourth-order valence-corrected chi connectivity index (χ4v) is 3.12. The maximum Gasteiger partial charge on any atom is 0.108 e. The van der Waals surface area contributed by atoms with Crippen LogP contribution in [0.3, 0.4) is 0 Å². The molecule has 3 heteroatoms. The van der Waals surface area contributed by atoms with Gasteiger partial charge < -0.3 is 10.6 Å². The van der Waals surface area contributed by atoms with Gasteiger partial charge in [0, 0.05) is 0 Å². The zero-order valence-corrected chi connectivity index (χ0v) is 14.4. The largest absolute Gasteiger partial charge is 0.372 e. The monoisotopic (exact) mass is 311 g/mol. The van der Waals surface area contributed by atoms with Gasteiger partial charge in [-0.05, 0) is 68.1 Å². The van der Waals surface area contributed by atoms with Gasteiger partial charge in [-0.25, -0.2) is 0 Å². The van der Waals surface area contributed by atoms with Gasteiger partial charge >= 0.3 is 0 Å². The molecule has 2 N–H and O–H groups in total. The van der Waals surface area contributed by atoms with E-state index >= 15 is 0 Å². The number of nitrogens with one attached hydrogen (secondary N) is 2. The summed E-state index contributed by atoms with van der Waals surface area (Å²) in [5.41, 5.74) is 3.54. The van der Waals surface area contributed by atoms with Crippen LogP contribution in [0, 0.1) is 11.8 Å². The van der Waals surface area contributed by atoms with Crippen LogP contribution < -0.4 is 10.6 Å². The molecule has 3 nitrogen and oxygen atoms in total. The zero-order valence-electron chi connectivity index (χ0n) is 14.4. The third-order valence-electron chi connectivity index (χ3n) is 4.47. The summed E-state index contributed by atoms with van der Waals surface area (Å²) in [5, 5.41) is 6.83. The van der Waals surface area contributed by atoms with Crippen molar-refractivity contribution in [3.63, 3.8) is 0 Å². The lowest BCUT2D eigenvalue weighted by Gasteiger charge is -2.27. The molecular formula is C20H29N3. The first kappa shape index (κ1) is 17.5. The molecule has 1 saturated heterocycles. The molecular weight excluding hydrogens is 282 g/mol. The maximum atomic E-state index is 4.67. The topological polar surface area (TPSA) is 36.4 Å². The van der Waals surface area contributed by atoms with Crippen molar-refractivity contribution in [2.45, 2.75) is 26.7 Å². The summed E-state index contributed by atoms with van der Waals surface area (Å²) < 4.78 is 0. The van der Waals surface area contributed by atoms with Crippen LogP contribution in [-0.2, 0) is 0 Å². The van der Waals surface area contributed by atoms with Crippen LogP contribution in [0.15, 0.2) is 65.4 Å². The van der Waals surface area contributed by atoms with Gasteiger partial charge in [-0.2, -0.15) is 0 Å². The van der Waals surface area contributed by atoms with Crippen molar-refractivity contribution in [1.82, 2.24) is 10.6 Å². The average molecular weight is 311 g/mol. The van der Waals surface area contributed by atoms with Crippen LogP contribution in [-0.4, -0.2) is 25.5 Å². The Kier molecular flexibility index (Phi) is 7.08. The van der Waals surface area contributed by atoms with Gasteiger partial charge in [0.25, 0.3) is 0 Å². The SMILES string of the molecule is C=CC(=C\C=C/C)/C1=N/CN/C=C(/C2CCNCC2)C(C)/C=C\1. The number of hydrogen-bond acceptors (Lipinski definition) is 3. The minimum absolute atomic E-state index is 0.418. The summed E-state index contributed by atoms with van der Waals surface area (Å²) >= 11 is 0. The highest BCUT2D eigenvalue weighted by molar-refractivity contribution is 6.10. The molecule has 0 aromatic heterocycles. The maximum absolute atomic E-state index is 4.67. The second kappa shape index (κ2) is 9.31. The first-order valence-electron chi connectivity index (χ1n) is 8.58. The molecule has 0 saturated carbocycles. The first-order valence-corrected chi connectivity index (χ1v) is 8.58. The quantitative estimate of drug-likeness (QED) is 0.776. The minimum Gasteiger partial charge on any atom is -0.372 e. The Morgan fingerprint density at radius 1 is 1.35 bits per heavy atom. The molecule has 124 valence electrons. The van der Waals surface area contributed by atoms with E-state index in [9.17, 15) is 0 Å². The Hall–Kier alpha value is -1.87. The highest BCUT2D eigenvalue weighted by Crippen LogP contribution is 2.28. The molecule has 0 amide bonds. The third-order valence-corrected chi connectivity index (χ3v) is 4.47. The van der Waals surface area contributed by atoms with Crippen LogP contribution in [0.4, 0.5) is 0 Å². The highest BCUT2D eigenvalue weighted by atomic mass is 15.0. The molecule has 1 atom stereocenters. The Morgan fingerprint density at radius 3 is 2.83 bits per heavy atom. The van der Waals surface area contributed by atoms with E-state index in [0.29, 0.717) is 18.5 Å². The summed E-state index contributed by atoms with van der Waals surface area (Å²) in [7, 11) is 0. The number of hydrogen-bond donors (Lipinski definition) is 2. The van der Waals surface area contributed by atoms with Crippen molar-refractivity contribution in [2.24, 2.45) is 16.8 Å². The van der Waals surface area contributed by atoms with Crippen molar-refractivity contribution in [3.05, 3.63) is 60.4 Å². The molecule has 23 heavy (non-hydrogen) atoms. The molecule has 0 aliphatic carbocycles. The van der Waals surface area contributed by atoms with Crippen LogP contribution in [0.25, 0.3) is 0 Å². The third kappa shape index (κ3) is 5.07. The van der Waals surface area contributed by atoms with Crippen LogP contribution in [0.5, 0.6) is 0 Å². The predicted octanol–water partition coefficient (Wildman–Crippen LogP) is 3.75. The molecule has 2 aliphatic rings. The van der Waals surface area contributed by atoms with E-state index in [1.807, 2.05) is 25.2 Å². The molecule has 0 radical (unpaired) electrons. The Bertz CT molecular complexity index is 543. The lowest BCUT2D eigenvalue weighted by molar-refractivity contribution is 0.400. The molecule has 2 rings (SSSR count). The normalized spacial score (nSPS) is 30.2. The summed E-state index contributed by atoms with van der Waals surface area (Å²) in [6.07, 6.45) is 17.0. The van der Waals surface area contributed by atoms with Crippen LogP contribution >= 0.6 is 0 Å². The predicted molar refractivity (Wildman–Crippen MR) is 101 cm³/mol. The summed E-state index contributed by atoms with van der Waals surface area (Å²) in [6.45, 7) is 11.0. The number of nitrogens with zero attached hydrogens (tertiary/aromatic N) is 1. The number of rotatable bonds is 4. The van der Waals surface area contributed by atoms with E-state index in [1.54, 1.807) is 0 Å². The van der Waals surface area contributed by atoms with E-state index in [4.69, 9.17) is 0 Å². The summed E-state index contributed by atoms with van der Waals surface area (Å²) in [4.78, 5) is 4.67. The van der Waals surface area contributed by atoms with Gasteiger partial charge in [0.15, 0.2) is 0 Å². The standard InChI is InChI=1S/C20H29N3/c1-4-6-7-17(5-2)20-9-8-16(3)19(14-22-15-23-20)18-10-12-21-13-11-18/h4-9,14,16,18,21-22H,2,10-13,15H2,1,3H3/b6-4-,9-8-,17-7+,19-14+,23-20+. The van der Waals surface area contributed by atoms with Crippen molar-refractivity contribution in [1.29, 1.82) is 0 Å². The van der Waals surface area contributed by atoms with Crippen molar-refractivity contribution in [2.75, 3.05) is 19.8 Å². The Labute approximate surface area is 140 Å². The van der Waals surface area contributed by atoms with E-state index in [0.717, 1.165) is 24.4 Å².